The Labute approximate surface area is 428 Å². The highest BCUT2D eigenvalue weighted by Gasteiger charge is 2.19. The molecule has 6 nitrogen and oxygen atoms in total. The average Bonchev–Trinajstić information content (AvgIpc) is 3.36. The molecule has 0 bridgehead atoms. The van der Waals surface area contributed by atoms with Crippen LogP contribution in [0.4, 0.5) is 0 Å². The number of allylic oxidation sites excluding steroid dienone is 28. The summed E-state index contributed by atoms with van der Waals surface area (Å²) in [5.74, 6) is -1.04. The zero-order chi connectivity index (χ0) is 50.7. The third-order valence-corrected chi connectivity index (χ3v) is 10.8. The predicted octanol–water partition coefficient (Wildman–Crippen LogP) is 18.4. The summed E-state index contributed by atoms with van der Waals surface area (Å²) >= 11 is 0. The van der Waals surface area contributed by atoms with Crippen molar-refractivity contribution in [1.82, 2.24) is 0 Å². The van der Waals surface area contributed by atoms with Crippen LogP contribution in [0.15, 0.2) is 170 Å². The first kappa shape index (κ1) is 64.8. The molecule has 0 aliphatic rings. The summed E-state index contributed by atoms with van der Waals surface area (Å²) in [6.45, 7) is 6.24. The Hall–Kier alpha value is -5.23. The van der Waals surface area contributed by atoms with E-state index in [-0.39, 0.29) is 44.0 Å². The Morgan fingerprint density at radius 1 is 0.300 bits per heavy atom. The van der Waals surface area contributed by atoms with Crippen molar-refractivity contribution in [2.45, 2.75) is 200 Å². The third kappa shape index (κ3) is 53.7. The van der Waals surface area contributed by atoms with E-state index in [1.54, 1.807) is 0 Å². The maximum Gasteiger partial charge on any atom is 0.306 e. The predicted molar refractivity (Wildman–Crippen MR) is 301 cm³/mol. The molecule has 1 atom stereocenters. The molecule has 0 amide bonds. The van der Waals surface area contributed by atoms with Gasteiger partial charge in [0.05, 0.1) is 0 Å². The van der Waals surface area contributed by atoms with Crippen LogP contribution in [-0.4, -0.2) is 37.2 Å². The number of ether oxygens (including phenoxy) is 3. The number of unbranched alkanes of at least 4 members (excludes halogenated alkanes) is 18. The molecule has 70 heavy (non-hydrogen) atoms. The van der Waals surface area contributed by atoms with Gasteiger partial charge < -0.3 is 14.2 Å². The maximum absolute atomic E-state index is 12.8. The highest BCUT2D eigenvalue weighted by atomic mass is 16.6. The van der Waals surface area contributed by atoms with Crippen LogP contribution in [0.25, 0.3) is 0 Å². The summed E-state index contributed by atoms with van der Waals surface area (Å²) in [6, 6.07) is 0. The Balaban J connectivity index is 4.64. The van der Waals surface area contributed by atoms with Gasteiger partial charge in [-0.2, -0.15) is 0 Å². The van der Waals surface area contributed by atoms with Crippen molar-refractivity contribution in [2.75, 3.05) is 13.2 Å². The van der Waals surface area contributed by atoms with Crippen LogP contribution in [0, 0.1) is 0 Å². The molecule has 0 saturated heterocycles. The van der Waals surface area contributed by atoms with Crippen molar-refractivity contribution in [1.29, 1.82) is 0 Å². The monoisotopic (exact) mass is 961 g/mol. The van der Waals surface area contributed by atoms with Crippen LogP contribution >= 0.6 is 0 Å². The first-order valence-electron chi connectivity index (χ1n) is 27.3. The van der Waals surface area contributed by atoms with Gasteiger partial charge in [0.25, 0.3) is 0 Å². The van der Waals surface area contributed by atoms with Crippen LogP contribution in [0.3, 0.4) is 0 Å². The van der Waals surface area contributed by atoms with Crippen LogP contribution in [0.2, 0.25) is 0 Å². The van der Waals surface area contributed by atoms with Crippen LogP contribution in [0.1, 0.15) is 194 Å². The molecular formula is C64H96O6. The van der Waals surface area contributed by atoms with Gasteiger partial charge in [0.15, 0.2) is 6.10 Å². The number of carbonyl (C=O) groups excluding carboxylic acids is 3. The van der Waals surface area contributed by atoms with E-state index in [4.69, 9.17) is 14.2 Å². The number of rotatable bonds is 46. The summed E-state index contributed by atoms with van der Waals surface area (Å²) < 4.78 is 16.8. The Morgan fingerprint density at radius 3 is 0.929 bits per heavy atom. The molecule has 0 aromatic rings. The van der Waals surface area contributed by atoms with Gasteiger partial charge in [-0.05, 0) is 83.5 Å². The van der Waals surface area contributed by atoms with E-state index in [1.165, 1.54) is 57.8 Å². The van der Waals surface area contributed by atoms with Gasteiger partial charge in [-0.3, -0.25) is 14.4 Å². The molecule has 0 aliphatic heterocycles. The lowest BCUT2D eigenvalue weighted by Gasteiger charge is -2.18. The van der Waals surface area contributed by atoms with Gasteiger partial charge in [-0.25, -0.2) is 0 Å². The van der Waals surface area contributed by atoms with Gasteiger partial charge in [-0.1, -0.05) is 262 Å². The second-order valence-electron chi connectivity index (χ2n) is 17.4. The van der Waals surface area contributed by atoms with E-state index in [1.807, 2.05) is 134 Å². The summed E-state index contributed by atoms with van der Waals surface area (Å²) in [5.41, 5.74) is 0. The van der Waals surface area contributed by atoms with E-state index in [2.05, 4.69) is 57.2 Å². The van der Waals surface area contributed by atoms with E-state index in [0.717, 1.165) is 83.5 Å². The lowest BCUT2D eigenvalue weighted by molar-refractivity contribution is -0.167. The fraction of sp³-hybridized carbons (Fsp3) is 0.516. The molecule has 0 aromatic carbocycles. The second kappa shape index (κ2) is 56.4. The largest absolute Gasteiger partial charge is 0.462 e. The lowest BCUT2D eigenvalue weighted by Crippen LogP contribution is -2.30. The number of esters is 3. The highest BCUT2D eigenvalue weighted by molar-refractivity contribution is 5.71. The molecule has 0 N–H and O–H groups in total. The molecule has 0 aliphatic carbocycles. The normalized spacial score (nSPS) is 13.5. The molecule has 1 unspecified atom stereocenters. The van der Waals surface area contributed by atoms with Crippen molar-refractivity contribution in [3.05, 3.63) is 170 Å². The summed E-state index contributed by atoms with van der Waals surface area (Å²) in [5, 5.41) is 0. The molecule has 0 saturated carbocycles. The first-order chi connectivity index (χ1) is 34.5. The number of hydrogen-bond donors (Lipinski definition) is 0. The number of carbonyl (C=O) groups is 3. The SMILES string of the molecule is CC\C=C/C=C\C=C/C=C\C=C\C=C/C=C\CCCCCC(=O)OCC(COC(=O)CCCCCCC/C=C\CCCCCCCCC)OC(=O)CCCCC\C=C/C=C/C=C\C=C/C=C\C=C/CC. The molecule has 388 valence electrons. The minimum absolute atomic E-state index is 0.125. The Bertz CT molecular complexity index is 1670. The van der Waals surface area contributed by atoms with Gasteiger partial charge in [0.1, 0.15) is 13.2 Å². The Kier molecular flexibility index (Phi) is 52.1. The van der Waals surface area contributed by atoms with Gasteiger partial charge in [-0.15, -0.1) is 0 Å². The third-order valence-electron chi connectivity index (χ3n) is 10.8. The second-order valence-corrected chi connectivity index (χ2v) is 17.4. The standard InChI is InChI=1S/C64H96O6/c1-4-7-10-13-16-19-22-25-28-31-32-34-36-39-42-45-48-51-54-57-63(66)69-60-61(59-68-62(65)56-53-50-47-44-41-38-35-30-27-24-21-18-15-12-9-6-3)70-64(67)58-55-52-49-46-43-40-37-33-29-26-23-20-17-14-11-8-5-2/h7-8,10-11,13-14,16-17,19-20,22-23,25-26,28-37,39-40,42-43,61H,4-6,9,12,15,18,21,24,27,38,41,44-60H2,1-3H3/b10-7-,11-8-,16-13-,17-14-,22-19-,23-20-,28-25-,29-26-,32-31+,35-30-,36-34-,37-33+,42-39-,43-40-. The van der Waals surface area contributed by atoms with Crippen molar-refractivity contribution < 1.29 is 28.6 Å². The first-order valence-corrected chi connectivity index (χ1v) is 27.3. The van der Waals surface area contributed by atoms with Crippen molar-refractivity contribution in [3.63, 3.8) is 0 Å². The van der Waals surface area contributed by atoms with E-state index >= 15 is 0 Å². The average molecular weight is 961 g/mol. The van der Waals surface area contributed by atoms with E-state index in [0.29, 0.717) is 19.3 Å². The van der Waals surface area contributed by atoms with Crippen LogP contribution in [0.5, 0.6) is 0 Å². The summed E-state index contributed by atoms with van der Waals surface area (Å²) in [4.78, 5) is 38.1. The highest BCUT2D eigenvalue weighted by Crippen LogP contribution is 2.13. The smallest absolute Gasteiger partial charge is 0.306 e. The molecule has 0 radical (unpaired) electrons. The van der Waals surface area contributed by atoms with Crippen LogP contribution in [-0.2, 0) is 28.6 Å². The van der Waals surface area contributed by atoms with Crippen LogP contribution < -0.4 is 0 Å². The fourth-order valence-electron chi connectivity index (χ4n) is 6.74. The number of hydrogen-bond acceptors (Lipinski definition) is 6. The van der Waals surface area contributed by atoms with E-state index < -0.39 is 6.10 Å². The quantitative estimate of drug-likeness (QED) is 0.0199. The van der Waals surface area contributed by atoms with Crippen molar-refractivity contribution in [2.24, 2.45) is 0 Å². The molecule has 0 rings (SSSR count). The van der Waals surface area contributed by atoms with Gasteiger partial charge >= 0.3 is 17.9 Å². The molecule has 0 spiro atoms. The molecule has 0 aromatic heterocycles. The Morgan fingerprint density at radius 2 is 0.571 bits per heavy atom. The lowest BCUT2D eigenvalue weighted by atomic mass is 10.1. The molecular weight excluding hydrogens is 865 g/mol. The minimum atomic E-state index is -0.834. The van der Waals surface area contributed by atoms with Crippen molar-refractivity contribution >= 4 is 17.9 Å². The van der Waals surface area contributed by atoms with Gasteiger partial charge in [0.2, 0.25) is 0 Å². The van der Waals surface area contributed by atoms with Gasteiger partial charge in [0, 0.05) is 19.3 Å². The molecule has 6 heteroatoms. The zero-order valence-electron chi connectivity index (χ0n) is 44.2. The zero-order valence-corrected chi connectivity index (χ0v) is 44.2. The molecule has 0 heterocycles. The van der Waals surface area contributed by atoms with Crippen molar-refractivity contribution in [3.8, 4) is 0 Å². The molecule has 0 fully saturated rings. The topological polar surface area (TPSA) is 78.9 Å². The summed E-state index contributed by atoms with van der Waals surface area (Å²) in [6.07, 6.45) is 83.3. The van der Waals surface area contributed by atoms with E-state index in [9.17, 15) is 14.4 Å². The fourth-order valence-corrected chi connectivity index (χ4v) is 6.74. The maximum atomic E-state index is 12.8. The summed E-state index contributed by atoms with van der Waals surface area (Å²) in [7, 11) is 0. The minimum Gasteiger partial charge on any atom is -0.462 e.